The van der Waals surface area contributed by atoms with Gasteiger partial charge in [0.15, 0.2) is 0 Å². The molecule has 3 heteroatoms. The zero-order valence-electron chi connectivity index (χ0n) is 7.35. The third-order valence-corrected chi connectivity index (χ3v) is 2.67. The average molecular weight is 173 g/mol. The first-order chi connectivity index (χ1) is 6.42. The summed E-state index contributed by atoms with van der Waals surface area (Å²) in [6, 6.07) is 6.04. The maximum absolute atomic E-state index is 9.00. The second-order valence-corrected chi connectivity index (χ2v) is 3.45. The van der Waals surface area contributed by atoms with Crippen LogP contribution in [0.5, 0.6) is 0 Å². The second-order valence-electron chi connectivity index (χ2n) is 3.45. The molecule has 0 aliphatic heterocycles. The van der Waals surface area contributed by atoms with Gasteiger partial charge in [0.1, 0.15) is 0 Å². The van der Waals surface area contributed by atoms with E-state index in [1.165, 1.54) is 6.42 Å². The van der Waals surface area contributed by atoms with Crippen LogP contribution in [-0.4, -0.2) is 10.2 Å². The van der Waals surface area contributed by atoms with Crippen LogP contribution in [0.25, 0.3) is 0 Å². The molecule has 0 aromatic carbocycles. The van der Waals surface area contributed by atoms with Gasteiger partial charge in [-0.05, 0) is 30.9 Å². The van der Waals surface area contributed by atoms with E-state index in [4.69, 9.17) is 5.26 Å². The Morgan fingerprint density at radius 3 is 2.85 bits per heavy atom. The van der Waals surface area contributed by atoms with Gasteiger partial charge < -0.3 is 0 Å². The Bertz CT molecular complexity index is 311. The highest BCUT2D eigenvalue weighted by atomic mass is 15.1. The van der Waals surface area contributed by atoms with Crippen LogP contribution < -0.4 is 0 Å². The Balaban J connectivity index is 2.18. The van der Waals surface area contributed by atoms with Gasteiger partial charge in [-0.25, -0.2) is 0 Å². The molecular formula is C10H11N3. The molecule has 0 spiro atoms. The number of hydrogen-bond acceptors (Lipinski definition) is 3. The molecule has 0 amide bonds. The van der Waals surface area contributed by atoms with Gasteiger partial charge in [0.05, 0.1) is 17.7 Å². The summed E-state index contributed by atoms with van der Waals surface area (Å²) in [5, 5.41) is 16.8. The van der Waals surface area contributed by atoms with Crippen molar-refractivity contribution in [3.8, 4) is 6.07 Å². The van der Waals surface area contributed by atoms with E-state index >= 15 is 0 Å². The van der Waals surface area contributed by atoms with E-state index in [2.05, 4.69) is 16.3 Å². The molecule has 1 heterocycles. The predicted octanol–water partition coefficient (Wildman–Crippen LogP) is 1.88. The van der Waals surface area contributed by atoms with Gasteiger partial charge in [-0.2, -0.15) is 15.5 Å². The van der Waals surface area contributed by atoms with Crippen molar-refractivity contribution < 1.29 is 0 Å². The lowest BCUT2D eigenvalue weighted by atomic mass is 9.75. The number of hydrogen-bond donors (Lipinski definition) is 0. The lowest BCUT2D eigenvalue weighted by Crippen LogP contribution is -2.20. The van der Waals surface area contributed by atoms with Crippen molar-refractivity contribution >= 4 is 0 Å². The van der Waals surface area contributed by atoms with E-state index in [1.807, 2.05) is 12.1 Å². The van der Waals surface area contributed by atoms with Crippen molar-refractivity contribution in [3.63, 3.8) is 0 Å². The van der Waals surface area contributed by atoms with Crippen LogP contribution in [0.3, 0.4) is 0 Å². The maximum atomic E-state index is 9.00. The number of rotatable bonds is 2. The highest BCUT2D eigenvalue weighted by molar-refractivity contribution is 5.17. The van der Waals surface area contributed by atoms with Crippen LogP contribution in [0.2, 0.25) is 0 Å². The molecule has 1 unspecified atom stereocenters. The predicted molar refractivity (Wildman–Crippen MR) is 47.7 cm³/mol. The lowest BCUT2D eigenvalue weighted by Gasteiger charge is -2.28. The van der Waals surface area contributed by atoms with E-state index in [-0.39, 0.29) is 5.92 Å². The molecule has 0 radical (unpaired) electrons. The summed E-state index contributed by atoms with van der Waals surface area (Å²) in [4.78, 5) is 0. The number of nitriles is 1. The second kappa shape index (κ2) is 3.53. The van der Waals surface area contributed by atoms with Crippen molar-refractivity contribution in [1.82, 2.24) is 10.2 Å². The van der Waals surface area contributed by atoms with E-state index < -0.39 is 0 Å². The molecule has 1 atom stereocenters. The van der Waals surface area contributed by atoms with Crippen LogP contribution in [0.4, 0.5) is 0 Å². The molecule has 0 N–H and O–H groups in total. The first kappa shape index (κ1) is 8.18. The lowest BCUT2D eigenvalue weighted by molar-refractivity contribution is 0.288. The molecule has 2 rings (SSSR count). The Morgan fingerprint density at radius 1 is 1.54 bits per heavy atom. The normalized spacial score (nSPS) is 18.7. The van der Waals surface area contributed by atoms with Gasteiger partial charge in [-0.1, -0.05) is 6.42 Å². The number of nitrogens with zero attached hydrogens (tertiary/aromatic N) is 3. The average Bonchev–Trinajstić information content (AvgIpc) is 2.12. The van der Waals surface area contributed by atoms with Crippen molar-refractivity contribution in [3.05, 3.63) is 24.0 Å². The zero-order valence-corrected chi connectivity index (χ0v) is 7.35. The monoisotopic (exact) mass is 173 g/mol. The Labute approximate surface area is 77.4 Å². The molecule has 3 nitrogen and oxygen atoms in total. The smallest absolute Gasteiger partial charge is 0.0931 e. The van der Waals surface area contributed by atoms with Crippen molar-refractivity contribution in [1.29, 1.82) is 5.26 Å². The van der Waals surface area contributed by atoms with Crippen LogP contribution >= 0.6 is 0 Å². The first-order valence-corrected chi connectivity index (χ1v) is 4.59. The molecule has 1 saturated carbocycles. The molecule has 1 aliphatic carbocycles. The highest BCUT2D eigenvalue weighted by Crippen LogP contribution is 2.37. The minimum atomic E-state index is -0.0394. The van der Waals surface area contributed by atoms with Crippen LogP contribution in [0.1, 0.15) is 30.9 Å². The van der Waals surface area contributed by atoms with Gasteiger partial charge in [-0.3, -0.25) is 0 Å². The summed E-state index contributed by atoms with van der Waals surface area (Å²) in [5.74, 6) is 0.476. The zero-order chi connectivity index (χ0) is 9.10. The topological polar surface area (TPSA) is 49.6 Å². The third kappa shape index (κ3) is 1.52. The van der Waals surface area contributed by atoms with Gasteiger partial charge in [-0.15, -0.1) is 0 Å². The van der Waals surface area contributed by atoms with Crippen LogP contribution in [0.15, 0.2) is 18.3 Å². The molecule has 1 aromatic heterocycles. The summed E-state index contributed by atoms with van der Waals surface area (Å²) in [7, 11) is 0. The molecular weight excluding hydrogens is 162 g/mol. The summed E-state index contributed by atoms with van der Waals surface area (Å²) in [5.41, 5.74) is 0.828. The largest absolute Gasteiger partial charge is 0.198 e. The Hall–Kier alpha value is -1.43. The SMILES string of the molecule is N#CC(c1cccnn1)C1CCC1. The molecule has 1 fully saturated rings. The number of aromatic nitrogens is 2. The summed E-state index contributed by atoms with van der Waals surface area (Å²) < 4.78 is 0. The van der Waals surface area contributed by atoms with Crippen LogP contribution in [0, 0.1) is 17.2 Å². The van der Waals surface area contributed by atoms with Crippen molar-refractivity contribution in [2.45, 2.75) is 25.2 Å². The standard InChI is InChI=1S/C10H11N3/c11-7-9(8-3-1-4-8)10-5-2-6-12-13-10/h2,5-6,8-9H,1,3-4H2. The minimum Gasteiger partial charge on any atom is -0.198 e. The van der Waals surface area contributed by atoms with Crippen molar-refractivity contribution in [2.24, 2.45) is 5.92 Å². The summed E-state index contributed by atoms with van der Waals surface area (Å²) in [6.45, 7) is 0. The van der Waals surface area contributed by atoms with E-state index in [1.54, 1.807) is 6.20 Å². The van der Waals surface area contributed by atoms with E-state index in [0.29, 0.717) is 5.92 Å². The van der Waals surface area contributed by atoms with Gasteiger partial charge in [0.2, 0.25) is 0 Å². The summed E-state index contributed by atoms with van der Waals surface area (Å²) in [6.07, 6.45) is 5.21. The Kier molecular flexibility index (Phi) is 2.22. The molecule has 0 bridgehead atoms. The van der Waals surface area contributed by atoms with Gasteiger partial charge in [0.25, 0.3) is 0 Å². The molecule has 13 heavy (non-hydrogen) atoms. The van der Waals surface area contributed by atoms with Crippen molar-refractivity contribution in [2.75, 3.05) is 0 Å². The maximum Gasteiger partial charge on any atom is 0.0931 e. The third-order valence-electron chi connectivity index (χ3n) is 2.67. The fraction of sp³-hybridized carbons (Fsp3) is 0.500. The first-order valence-electron chi connectivity index (χ1n) is 4.59. The fourth-order valence-electron chi connectivity index (χ4n) is 1.67. The van der Waals surface area contributed by atoms with E-state index in [9.17, 15) is 0 Å². The molecule has 0 saturated heterocycles. The fourth-order valence-corrected chi connectivity index (χ4v) is 1.67. The molecule has 1 aromatic rings. The Morgan fingerprint density at radius 2 is 2.38 bits per heavy atom. The molecule has 66 valence electrons. The van der Waals surface area contributed by atoms with Gasteiger partial charge in [0, 0.05) is 6.20 Å². The van der Waals surface area contributed by atoms with Gasteiger partial charge >= 0.3 is 0 Å². The minimum absolute atomic E-state index is 0.0394. The summed E-state index contributed by atoms with van der Waals surface area (Å²) >= 11 is 0. The van der Waals surface area contributed by atoms with E-state index in [0.717, 1.165) is 18.5 Å². The van der Waals surface area contributed by atoms with Crippen LogP contribution in [-0.2, 0) is 0 Å². The highest BCUT2D eigenvalue weighted by Gasteiger charge is 2.29. The molecule has 1 aliphatic rings. The quantitative estimate of drug-likeness (QED) is 0.686.